The zero-order chi connectivity index (χ0) is 13.8. The molecule has 1 aromatic heterocycles. The highest BCUT2D eigenvalue weighted by atomic mass is 16.5. The number of aromatic nitrogens is 2. The van der Waals surface area contributed by atoms with Crippen molar-refractivity contribution in [2.45, 2.75) is 26.4 Å². The first-order valence-corrected chi connectivity index (χ1v) is 6.33. The highest BCUT2D eigenvalue weighted by molar-refractivity contribution is 5.57. The molecule has 1 heterocycles. The topological polar surface area (TPSA) is 61.0 Å². The van der Waals surface area contributed by atoms with Crippen LogP contribution in [0.2, 0.25) is 0 Å². The van der Waals surface area contributed by atoms with Crippen molar-refractivity contribution < 1.29 is 4.74 Å². The molecule has 4 heteroatoms. The maximum atomic E-state index is 5.84. The minimum Gasteiger partial charge on any atom is -0.384 e. The summed E-state index contributed by atoms with van der Waals surface area (Å²) in [5.41, 5.74) is 8.89. The third kappa shape index (κ3) is 3.29. The first-order valence-electron chi connectivity index (χ1n) is 6.33. The SMILES string of the molecule is COCc1ccc(-c2nc(N)cc(C(C)C)n2)cc1. The lowest BCUT2D eigenvalue weighted by Crippen LogP contribution is -2.01. The Morgan fingerprint density at radius 2 is 1.84 bits per heavy atom. The van der Waals surface area contributed by atoms with Crippen LogP contribution in [0.4, 0.5) is 5.82 Å². The van der Waals surface area contributed by atoms with Gasteiger partial charge in [-0.25, -0.2) is 9.97 Å². The van der Waals surface area contributed by atoms with Crippen molar-refractivity contribution >= 4 is 5.82 Å². The quantitative estimate of drug-likeness (QED) is 0.914. The molecule has 19 heavy (non-hydrogen) atoms. The van der Waals surface area contributed by atoms with Crippen LogP contribution in [0.1, 0.15) is 31.0 Å². The summed E-state index contributed by atoms with van der Waals surface area (Å²) in [5.74, 6) is 1.51. The number of anilines is 1. The van der Waals surface area contributed by atoms with Gasteiger partial charge in [-0.2, -0.15) is 0 Å². The van der Waals surface area contributed by atoms with E-state index in [-0.39, 0.29) is 0 Å². The third-order valence-electron chi connectivity index (χ3n) is 2.88. The summed E-state index contributed by atoms with van der Waals surface area (Å²) in [6.45, 7) is 4.79. The maximum absolute atomic E-state index is 5.84. The Morgan fingerprint density at radius 3 is 2.42 bits per heavy atom. The molecule has 0 aliphatic rings. The van der Waals surface area contributed by atoms with Gasteiger partial charge < -0.3 is 10.5 Å². The normalized spacial score (nSPS) is 10.9. The number of nitrogen functional groups attached to an aromatic ring is 1. The number of benzene rings is 1. The predicted octanol–water partition coefficient (Wildman–Crippen LogP) is 3.00. The maximum Gasteiger partial charge on any atom is 0.161 e. The Morgan fingerprint density at radius 1 is 1.16 bits per heavy atom. The van der Waals surface area contributed by atoms with E-state index < -0.39 is 0 Å². The highest BCUT2D eigenvalue weighted by Gasteiger charge is 2.08. The standard InChI is InChI=1S/C15H19N3O/c1-10(2)13-8-14(16)18-15(17-13)12-6-4-11(5-7-12)9-19-3/h4-8,10H,9H2,1-3H3,(H2,16,17,18). The second-order valence-electron chi connectivity index (χ2n) is 4.83. The Kier molecular flexibility index (Phi) is 4.12. The van der Waals surface area contributed by atoms with Crippen molar-refractivity contribution in [2.24, 2.45) is 0 Å². The van der Waals surface area contributed by atoms with E-state index in [4.69, 9.17) is 10.5 Å². The van der Waals surface area contributed by atoms with Crippen LogP contribution in [0, 0.1) is 0 Å². The molecule has 1 aromatic carbocycles. The van der Waals surface area contributed by atoms with Crippen molar-refractivity contribution in [3.63, 3.8) is 0 Å². The molecule has 0 atom stereocenters. The summed E-state index contributed by atoms with van der Waals surface area (Å²) in [5, 5.41) is 0. The van der Waals surface area contributed by atoms with Crippen molar-refractivity contribution in [2.75, 3.05) is 12.8 Å². The lowest BCUT2D eigenvalue weighted by molar-refractivity contribution is 0.185. The van der Waals surface area contributed by atoms with Crippen molar-refractivity contribution in [3.05, 3.63) is 41.6 Å². The number of rotatable bonds is 4. The van der Waals surface area contributed by atoms with Gasteiger partial charge >= 0.3 is 0 Å². The number of methoxy groups -OCH3 is 1. The molecule has 0 radical (unpaired) electrons. The molecular weight excluding hydrogens is 238 g/mol. The van der Waals surface area contributed by atoms with E-state index >= 15 is 0 Å². The summed E-state index contributed by atoms with van der Waals surface area (Å²) in [6, 6.07) is 9.84. The van der Waals surface area contributed by atoms with Gasteiger partial charge in [-0.3, -0.25) is 0 Å². The number of nitrogens with two attached hydrogens (primary N) is 1. The third-order valence-corrected chi connectivity index (χ3v) is 2.88. The van der Waals surface area contributed by atoms with Crippen LogP contribution in [0.5, 0.6) is 0 Å². The molecule has 0 aliphatic carbocycles. The zero-order valence-electron chi connectivity index (χ0n) is 11.6. The summed E-state index contributed by atoms with van der Waals surface area (Å²) in [6.07, 6.45) is 0. The monoisotopic (exact) mass is 257 g/mol. The van der Waals surface area contributed by atoms with Gasteiger partial charge in [-0.05, 0) is 11.5 Å². The van der Waals surface area contributed by atoms with E-state index in [1.807, 2.05) is 30.3 Å². The molecule has 0 unspecified atom stereocenters. The van der Waals surface area contributed by atoms with Crippen LogP contribution in [0.3, 0.4) is 0 Å². The van der Waals surface area contributed by atoms with Gasteiger partial charge in [0.2, 0.25) is 0 Å². The molecule has 0 saturated heterocycles. The predicted molar refractivity (Wildman–Crippen MR) is 76.7 cm³/mol. The molecule has 2 aromatic rings. The molecule has 2 rings (SSSR count). The van der Waals surface area contributed by atoms with E-state index in [1.54, 1.807) is 7.11 Å². The Balaban J connectivity index is 2.35. The lowest BCUT2D eigenvalue weighted by Gasteiger charge is -2.09. The molecule has 100 valence electrons. The van der Waals surface area contributed by atoms with Crippen LogP contribution in [-0.2, 0) is 11.3 Å². The summed E-state index contributed by atoms with van der Waals surface area (Å²) >= 11 is 0. The zero-order valence-corrected chi connectivity index (χ0v) is 11.6. The van der Waals surface area contributed by atoms with Crippen molar-refractivity contribution in [3.8, 4) is 11.4 Å². The highest BCUT2D eigenvalue weighted by Crippen LogP contribution is 2.21. The summed E-state index contributed by atoms with van der Waals surface area (Å²) < 4.78 is 5.09. The fraction of sp³-hybridized carbons (Fsp3) is 0.333. The molecule has 0 amide bonds. The van der Waals surface area contributed by atoms with Gasteiger partial charge in [0.25, 0.3) is 0 Å². The number of nitrogens with zero attached hydrogens (tertiary/aromatic N) is 2. The largest absolute Gasteiger partial charge is 0.384 e. The van der Waals surface area contributed by atoms with Crippen LogP contribution >= 0.6 is 0 Å². The average Bonchev–Trinajstić information content (AvgIpc) is 2.39. The van der Waals surface area contributed by atoms with Crippen LogP contribution in [-0.4, -0.2) is 17.1 Å². The fourth-order valence-corrected chi connectivity index (χ4v) is 1.83. The van der Waals surface area contributed by atoms with Crippen LogP contribution < -0.4 is 5.73 Å². The first kappa shape index (κ1) is 13.5. The molecule has 0 aliphatic heterocycles. The molecular formula is C15H19N3O. The molecule has 0 spiro atoms. The van der Waals surface area contributed by atoms with Crippen LogP contribution in [0.15, 0.2) is 30.3 Å². The molecule has 0 fully saturated rings. The summed E-state index contributed by atoms with van der Waals surface area (Å²) in [7, 11) is 1.68. The first-order chi connectivity index (χ1) is 9.10. The van der Waals surface area contributed by atoms with Gasteiger partial charge in [0.1, 0.15) is 5.82 Å². The minimum absolute atomic E-state index is 0.330. The van der Waals surface area contributed by atoms with Gasteiger partial charge in [-0.15, -0.1) is 0 Å². The van der Waals surface area contributed by atoms with Gasteiger partial charge in [-0.1, -0.05) is 38.1 Å². The van der Waals surface area contributed by atoms with E-state index in [0.717, 1.165) is 16.8 Å². The van der Waals surface area contributed by atoms with E-state index in [0.29, 0.717) is 24.2 Å². The molecule has 2 N–H and O–H groups in total. The van der Waals surface area contributed by atoms with Crippen molar-refractivity contribution in [1.29, 1.82) is 0 Å². The van der Waals surface area contributed by atoms with Gasteiger partial charge in [0, 0.05) is 24.4 Å². The Bertz CT molecular complexity index is 550. The Labute approximate surface area is 113 Å². The van der Waals surface area contributed by atoms with Crippen LogP contribution in [0.25, 0.3) is 11.4 Å². The number of ether oxygens (including phenoxy) is 1. The second kappa shape index (κ2) is 5.80. The van der Waals surface area contributed by atoms with Gasteiger partial charge in [0.05, 0.1) is 6.61 Å². The minimum atomic E-state index is 0.330. The second-order valence-corrected chi connectivity index (χ2v) is 4.83. The molecule has 0 saturated carbocycles. The number of hydrogen-bond donors (Lipinski definition) is 1. The average molecular weight is 257 g/mol. The molecule has 4 nitrogen and oxygen atoms in total. The van der Waals surface area contributed by atoms with Gasteiger partial charge in [0.15, 0.2) is 5.82 Å². The smallest absolute Gasteiger partial charge is 0.161 e. The van der Waals surface area contributed by atoms with E-state index in [2.05, 4.69) is 23.8 Å². The summed E-state index contributed by atoms with van der Waals surface area (Å²) in [4.78, 5) is 8.85. The van der Waals surface area contributed by atoms with E-state index in [9.17, 15) is 0 Å². The fourth-order valence-electron chi connectivity index (χ4n) is 1.83. The lowest BCUT2D eigenvalue weighted by atomic mass is 10.1. The Hall–Kier alpha value is -1.94. The van der Waals surface area contributed by atoms with Crippen molar-refractivity contribution in [1.82, 2.24) is 9.97 Å². The number of hydrogen-bond acceptors (Lipinski definition) is 4. The molecule has 0 bridgehead atoms. The van der Waals surface area contributed by atoms with E-state index in [1.165, 1.54) is 0 Å².